The van der Waals surface area contributed by atoms with E-state index in [2.05, 4.69) is 10.6 Å². The maximum absolute atomic E-state index is 15.0. The molecule has 2 heterocycles. The number of carbonyl (C=O) groups excluding carboxylic acids is 5. The first-order valence-electron chi connectivity index (χ1n) is 19.3. The number of carboxylic acids is 2. The molecule has 17 nitrogen and oxygen atoms in total. The summed E-state index contributed by atoms with van der Waals surface area (Å²) in [4.78, 5) is 89.5. The number of aliphatic hydroxyl groups excluding tert-OH is 1. The smallest absolute Gasteiger partial charge is 0.480 e. The highest BCUT2D eigenvalue weighted by atomic mass is 19.4. The summed E-state index contributed by atoms with van der Waals surface area (Å²) in [7, 11) is 0. The summed E-state index contributed by atoms with van der Waals surface area (Å²) in [6, 6.07) is 9.17. The zero-order chi connectivity index (χ0) is 47.2. The number of halogens is 5. The number of alkyl halides is 3. The van der Waals surface area contributed by atoms with Crippen molar-refractivity contribution in [2.24, 2.45) is 11.1 Å². The largest absolute Gasteiger partial charge is 0.490 e. The number of benzene rings is 2. The molecule has 0 aliphatic carbocycles. The van der Waals surface area contributed by atoms with Crippen LogP contribution in [0.1, 0.15) is 63.9 Å². The maximum Gasteiger partial charge on any atom is 0.490 e. The van der Waals surface area contributed by atoms with E-state index in [1.165, 1.54) is 4.90 Å². The van der Waals surface area contributed by atoms with Crippen molar-refractivity contribution in [3.63, 3.8) is 0 Å². The number of carbonyl (C=O) groups is 7. The van der Waals surface area contributed by atoms with Gasteiger partial charge in [0.2, 0.25) is 17.7 Å². The monoisotopic (exact) mass is 893 g/mol. The number of imidazole rings is 1. The maximum atomic E-state index is 15.0. The second-order valence-electron chi connectivity index (χ2n) is 15.3. The standard InChI is InChI=1S/C39H47F2N7O8.C2HF3O2/c1-39(2,3)35(36-45-30(26-19-25(40)12-13-27(26)41)21-46(36)20-24-9-5-4-6-10-24)47(34(53)23-49)18-16-28(42)37(54)43-17-8-7-11-29(38(55)56)44-31(50)22-48-32(51)14-15-33(48)52;3-2(4,5)1(6)7/h4-6,9-10,12-15,19,21,28-29,35,49H,7-8,11,16-18,20,22-23,42H2,1-3H3,(H,43,54)(H,44,50)(H,55,56);(H,6,7)/t28-,29-,35-;/m0./s1. The third kappa shape index (κ3) is 15.1. The number of aromatic nitrogens is 2. The molecule has 5 amide bonds. The summed E-state index contributed by atoms with van der Waals surface area (Å²) in [5.41, 5.74) is 6.46. The number of aliphatic hydroxyl groups is 1. The summed E-state index contributed by atoms with van der Waals surface area (Å²) in [6.07, 6.45) is -0.897. The fourth-order valence-electron chi connectivity index (χ4n) is 6.31. The molecule has 3 atom stereocenters. The molecule has 0 saturated carbocycles. The molecule has 0 unspecified atom stereocenters. The number of nitrogens with zero attached hydrogens (tertiary/aromatic N) is 4. The Bertz CT molecular complexity index is 2140. The van der Waals surface area contributed by atoms with Crippen LogP contribution in [0, 0.1) is 17.0 Å². The average molecular weight is 894 g/mol. The zero-order valence-electron chi connectivity index (χ0n) is 34.4. The molecule has 0 fully saturated rings. The summed E-state index contributed by atoms with van der Waals surface area (Å²) in [5.74, 6) is -8.44. The lowest BCUT2D eigenvalue weighted by molar-refractivity contribution is -0.192. The van der Waals surface area contributed by atoms with E-state index in [0.717, 1.165) is 35.9 Å². The normalized spacial score (nSPS) is 14.0. The van der Waals surface area contributed by atoms with Crippen molar-refractivity contribution in [3.05, 3.63) is 89.9 Å². The average Bonchev–Trinajstić information content (AvgIpc) is 3.76. The Hall–Kier alpha value is -6.55. The molecule has 4 rings (SSSR count). The van der Waals surface area contributed by atoms with Crippen molar-refractivity contribution in [3.8, 4) is 11.3 Å². The van der Waals surface area contributed by atoms with E-state index in [1.807, 2.05) is 51.1 Å². The van der Waals surface area contributed by atoms with Crippen molar-refractivity contribution in [2.75, 3.05) is 26.2 Å². The summed E-state index contributed by atoms with van der Waals surface area (Å²) in [6.45, 7) is 4.42. The van der Waals surface area contributed by atoms with Gasteiger partial charge in [0.25, 0.3) is 11.8 Å². The van der Waals surface area contributed by atoms with Crippen LogP contribution in [0.2, 0.25) is 0 Å². The van der Waals surface area contributed by atoms with Gasteiger partial charge < -0.3 is 41.2 Å². The van der Waals surface area contributed by atoms with Gasteiger partial charge in [0.05, 0.1) is 17.8 Å². The third-order valence-electron chi connectivity index (χ3n) is 9.35. The first kappa shape index (κ1) is 50.8. The van der Waals surface area contributed by atoms with Crippen LogP contribution >= 0.6 is 0 Å². The number of hydrogen-bond acceptors (Lipinski definition) is 10. The molecular weight excluding hydrogens is 845 g/mol. The summed E-state index contributed by atoms with van der Waals surface area (Å²) in [5, 5.41) is 31.7. The van der Waals surface area contributed by atoms with E-state index in [-0.39, 0.29) is 50.2 Å². The molecule has 0 saturated heterocycles. The number of nitrogens with one attached hydrogen (secondary N) is 2. The minimum atomic E-state index is -5.08. The third-order valence-corrected chi connectivity index (χ3v) is 9.35. The Balaban J connectivity index is 0.00000139. The van der Waals surface area contributed by atoms with Gasteiger partial charge in [0, 0.05) is 43.5 Å². The Labute approximate surface area is 357 Å². The van der Waals surface area contributed by atoms with E-state index in [1.54, 1.807) is 10.8 Å². The highest BCUT2D eigenvalue weighted by Gasteiger charge is 2.39. The van der Waals surface area contributed by atoms with Crippen molar-refractivity contribution in [2.45, 2.75) is 77.3 Å². The zero-order valence-corrected chi connectivity index (χ0v) is 34.4. The highest BCUT2D eigenvalue weighted by molar-refractivity contribution is 6.14. The quantitative estimate of drug-likeness (QED) is 0.0578. The number of carboxylic acid groups (broad SMARTS) is 2. The highest BCUT2D eigenvalue weighted by Crippen LogP contribution is 2.39. The first-order valence-corrected chi connectivity index (χ1v) is 19.3. The van der Waals surface area contributed by atoms with Crippen LogP contribution in [-0.4, -0.2) is 121 Å². The SMILES string of the molecule is CC(C)(C)[C@H](c1nc(-c2cc(F)ccc2F)cn1Cc1ccccc1)N(CC[C@H](N)C(=O)NCCCC[C@H](NC(=O)CN1C(=O)C=CC1=O)C(=O)O)C(=O)CO.O=C(O)C(F)(F)F. The van der Waals surface area contributed by atoms with Crippen LogP contribution in [0.3, 0.4) is 0 Å². The minimum absolute atomic E-state index is 0.00314. The van der Waals surface area contributed by atoms with E-state index in [4.69, 9.17) is 20.6 Å². The number of unbranched alkanes of at least 4 members (excludes halogenated alkanes) is 1. The minimum Gasteiger partial charge on any atom is -0.480 e. The van der Waals surface area contributed by atoms with Crippen LogP contribution in [0.15, 0.2) is 66.9 Å². The number of aliphatic carboxylic acids is 2. The first-order chi connectivity index (χ1) is 29.4. The number of hydrogen-bond donors (Lipinski definition) is 6. The van der Waals surface area contributed by atoms with Gasteiger partial charge in [0.15, 0.2) is 0 Å². The van der Waals surface area contributed by atoms with Gasteiger partial charge in [-0.2, -0.15) is 13.2 Å². The topological polar surface area (TPSA) is 255 Å². The molecule has 63 heavy (non-hydrogen) atoms. The molecule has 0 spiro atoms. The molecule has 0 radical (unpaired) electrons. The van der Waals surface area contributed by atoms with Crippen LogP contribution < -0.4 is 16.4 Å². The molecule has 1 aliphatic heterocycles. The predicted octanol–water partition coefficient (Wildman–Crippen LogP) is 2.92. The predicted molar refractivity (Wildman–Crippen MR) is 213 cm³/mol. The molecule has 22 heteroatoms. The Morgan fingerprint density at radius 2 is 1.54 bits per heavy atom. The lowest BCUT2D eigenvalue weighted by Gasteiger charge is -2.40. The van der Waals surface area contributed by atoms with Gasteiger partial charge in [-0.3, -0.25) is 28.9 Å². The van der Waals surface area contributed by atoms with Gasteiger partial charge in [-0.05, 0) is 54.9 Å². The number of nitrogens with two attached hydrogens (primary N) is 1. The number of rotatable bonds is 19. The van der Waals surface area contributed by atoms with Crippen molar-refractivity contribution in [1.82, 2.24) is 30.0 Å². The van der Waals surface area contributed by atoms with Gasteiger partial charge in [-0.15, -0.1) is 0 Å². The fourth-order valence-corrected chi connectivity index (χ4v) is 6.31. The van der Waals surface area contributed by atoms with Crippen LogP contribution in [0.25, 0.3) is 11.3 Å². The van der Waals surface area contributed by atoms with Gasteiger partial charge in [-0.1, -0.05) is 51.1 Å². The molecule has 2 aromatic carbocycles. The van der Waals surface area contributed by atoms with E-state index >= 15 is 0 Å². The van der Waals surface area contributed by atoms with Crippen LogP contribution in [-0.2, 0) is 40.1 Å². The second kappa shape index (κ2) is 22.5. The molecule has 3 aromatic rings. The van der Waals surface area contributed by atoms with E-state index in [9.17, 15) is 60.9 Å². The molecule has 1 aromatic heterocycles. The second-order valence-corrected chi connectivity index (χ2v) is 15.3. The van der Waals surface area contributed by atoms with Gasteiger partial charge in [-0.25, -0.2) is 23.4 Å². The molecular formula is C41H48F5N7O10. The molecule has 1 aliphatic rings. The number of amides is 5. The molecule has 342 valence electrons. The van der Waals surface area contributed by atoms with Crippen molar-refractivity contribution >= 4 is 41.5 Å². The van der Waals surface area contributed by atoms with Crippen LogP contribution in [0.4, 0.5) is 22.0 Å². The lowest BCUT2D eigenvalue weighted by Crippen LogP contribution is -2.48. The molecule has 0 bridgehead atoms. The van der Waals surface area contributed by atoms with Crippen molar-refractivity contribution < 1.29 is 70.8 Å². The Morgan fingerprint density at radius 1 is 0.921 bits per heavy atom. The summed E-state index contributed by atoms with van der Waals surface area (Å²) < 4.78 is 62.7. The van der Waals surface area contributed by atoms with Crippen LogP contribution in [0.5, 0.6) is 0 Å². The summed E-state index contributed by atoms with van der Waals surface area (Å²) >= 11 is 0. The van der Waals surface area contributed by atoms with Gasteiger partial charge >= 0.3 is 18.1 Å². The number of imide groups is 1. The Kier molecular flexibility index (Phi) is 18.2. The fraction of sp³-hybridized carbons (Fsp3) is 0.415. The molecule has 7 N–H and O–H groups in total. The van der Waals surface area contributed by atoms with Crippen molar-refractivity contribution in [1.29, 1.82) is 0 Å². The van der Waals surface area contributed by atoms with Gasteiger partial charge in [0.1, 0.15) is 36.7 Å². The Morgan fingerprint density at radius 3 is 2.10 bits per heavy atom. The van der Waals surface area contributed by atoms with E-state index < -0.39 is 96.0 Å². The van der Waals surface area contributed by atoms with E-state index in [0.29, 0.717) is 17.1 Å². The lowest BCUT2D eigenvalue weighted by atomic mass is 9.84.